The van der Waals surface area contributed by atoms with Crippen LogP contribution in [-0.4, -0.2) is 18.2 Å². The van der Waals surface area contributed by atoms with Crippen LogP contribution >= 0.6 is 19.7 Å². The summed E-state index contributed by atoms with van der Waals surface area (Å²) in [7, 11) is -0.825. The summed E-state index contributed by atoms with van der Waals surface area (Å²) >= 11 is 1.59. The van der Waals surface area contributed by atoms with Crippen LogP contribution in [0.15, 0.2) is 5.38 Å². The van der Waals surface area contributed by atoms with Crippen molar-refractivity contribution >= 4 is 19.7 Å². The Hall–Kier alpha value is -0.0600. The summed E-state index contributed by atoms with van der Waals surface area (Å²) in [6.07, 6.45) is 0.757. The van der Waals surface area contributed by atoms with Crippen LogP contribution in [0.2, 0.25) is 0 Å². The quantitative estimate of drug-likeness (QED) is 0.753. The lowest BCUT2D eigenvalue weighted by Crippen LogP contribution is -1.97. The van der Waals surface area contributed by atoms with Crippen LogP contribution in [0.3, 0.4) is 0 Å². The fourth-order valence-electron chi connectivity index (χ4n) is 1.06. The number of thiazole rings is 1. The molecule has 1 aromatic rings. The molecule has 15 heavy (non-hydrogen) atoms. The summed E-state index contributed by atoms with van der Waals surface area (Å²) in [4.78, 5) is 4.38. The summed E-state index contributed by atoms with van der Waals surface area (Å²) in [6, 6.07) is 0. The highest BCUT2D eigenvalue weighted by Crippen LogP contribution is 2.41. The van der Waals surface area contributed by atoms with Crippen molar-refractivity contribution in [2.75, 3.05) is 13.2 Å². The van der Waals surface area contributed by atoms with Crippen molar-refractivity contribution in [1.29, 1.82) is 0 Å². The van der Waals surface area contributed by atoms with E-state index in [1.165, 1.54) is 0 Å². The van der Waals surface area contributed by atoms with E-state index in [0.717, 1.165) is 16.9 Å². The van der Waals surface area contributed by atoms with Crippen LogP contribution in [-0.2, 0) is 21.8 Å². The maximum Gasteiger partial charge on any atom is 0.176 e. The van der Waals surface area contributed by atoms with Gasteiger partial charge in [-0.05, 0) is 13.8 Å². The zero-order chi connectivity index (χ0) is 11.1. The zero-order valence-corrected chi connectivity index (χ0v) is 10.8. The first kappa shape index (κ1) is 13.0. The van der Waals surface area contributed by atoms with Gasteiger partial charge in [-0.25, -0.2) is 4.98 Å². The highest BCUT2D eigenvalue weighted by molar-refractivity contribution is 7.46. The SMILES string of the molecule is CCOP(Cc1csc(CN)n1)OCC. The molecule has 0 bridgehead atoms. The smallest absolute Gasteiger partial charge is 0.176 e. The molecule has 0 amide bonds. The number of nitrogens with two attached hydrogens (primary N) is 1. The Morgan fingerprint density at radius 1 is 1.40 bits per heavy atom. The highest BCUT2D eigenvalue weighted by Gasteiger charge is 2.12. The molecule has 0 aliphatic rings. The molecule has 0 saturated heterocycles. The van der Waals surface area contributed by atoms with Gasteiger partial charge in [0, 0.05) is 11.9 Å². The molecule has 2 N–H and O–H groups in total. The monoisotopic (exact) mass is 248 g/mol. The third kappa shape index (κ3) is 4.53. The normalized spacial score (nSPS) is 11.2. The fourth-order valence-corrected chi connectivity index (χ4v) is 3.12. The van der Waals surface area contributed by atoms with Gasteiger partial charge in [-0.15, -0.1) is 11.3 Å². The van der Waals surface area contributed by atoms with Gasteiger partial charge in [0.2, 0.25) is 0 Å². The summed E-state index contributed by atoms with van der Waals surface area (Å²) in [5.41, 5.74) is 6.52. The summed E-state index contributed by atoms with van der Waals surface area (Å²) in [5.74, 6) is 0. The second kappa shape index (κ2) is 7.25. The van der Waals surface area contributed by atoms with Crippen LogP contribution in [0, 0.1) is 0 Å². The molecule has 0 spiro atoms. The van der Waals surface area contributed by atoms with Gasteiger partial charge in [0.05, 0.1) is 25.1 Å². The Balaban J connectivity index is 2.48. The number of hydrogen-bond donors (Lipinski definition) is 1. The van der Waals surface area contributed by atoms with Crippen LogP contribution in [0.1, 0.15) is 24.5 Å². The average molecular weight is 248 g/mol. The van der Waals surface area contributed by atoms with Gasteiger partial charge >= 0.3 is 0 Å². The zero-order valence-electron chi connectivity index (χ0n) is 9.10. The highest BCUT2D eigenvalue weighted by atomic mass is 32.1. The molecule has 1 rings (SSSR count). The van der Waals surface area contributed by atoms with E-state index < -0.39 is 8.38 Å². The molecule has 0 aliphatic carbocycles. The van der Waals surface area contributed by atoms with Gasteiger partial charge in [0.1, 0.15) is 5.01 Å². The van der Waals surface area contributed by atoms with Crippen molar-refractivity contribution < 1.29 is 9.05 Å². The first-order chi connectivity index (χ1) is 7.30. The fraction of sp³-hybridized carbons (Fsp3) is 0.667. The predicted molar refractivity (Wildman–Crippen MR) is 63.9 cm³/mol. The molecule has 1 aromatic heterocycles. The van der Waals surface area contributed by atoms with Crippen molar-refractivity contribution in [2.45, 2.75) is 26.6 Å². The van der Waals surface area contributed by atoms with Gasteiger partial charge in [-0.1, -0.05) is 0 Å². The molecular formula is C9H17N2O2PS. The van der Waals surface area contributed by atoms with Crippen LogP contribution in [0.25, 0.3) is 0 Å². The van der Waals surface area contributed by atoms with Gasteiger partial charge in [0.15, 0.2) is 8.38 Å². The molecule has 1 heterocycles. The molecular weight excluding hydrogens is 231 g/mol. The van der Waals surface area contributed by atoms with Crippen molar-refractivity contribution in [3.8, 4) is 0 Å². The van der Waals surface area contributed by atoms with Crippen molar-refractivity contribution in [3.05, 3.63) is 16.1 Å². The molecule has 0 aromatic carbocycles. The van der Waals surface area contributed by atoms with Crippen LogP contribution in [0.4, 0.5) is 0 Å². The first-order valence-electron chi connectivity index (χ1n) is 4.96. The van der Waals surface area contributed by atoms with Gasteiger partial charge in [-0.3, -0.25) is 0 Å². The van der Waals surface area contributed by atoms with E-state index >= 15 is 0 Å². The van der Waals surface area contributed by atoms with E-state index in [4.69, 9.17) is 14.8 Å². The number of nitrogens with zero attached hydrogens (tertiary/aromatic N) is 1. The number of rotatable bonds is 7. The summed E-state index contributed by atoms with van der Waals surface area (Å²) in [6.45, 7) is 5.81. The Kier molecular flexibility index (Phi) is 6.29. The molecule has 0 fully saturated rings. The third-order valence-corrected chi connectivity index (χ3v) is 4.21. The lowest BCUT2D eigenvalue weighted by molar-refractivity contribution is 0.268. The Labute approximate surface area is 95.7 Å². The van der Waals surface area contributed by atoms with Crippen molar-refractivity contribution in [1.82, 2.24) is 4.98 Å². The molecule has 0 aliphatic heterocycles. The van der Waals surface area contributed by atoms with E-state index in [0.29, 0.717) is 19.8 Å². The third-order valence-electron chi connectivity index (χ3n) is 1.61. The van der Waals surface area contributed by atoms with Gasteiger partial charge in [0.25, 0.3) is 0 Å². The second-order valence-electron chi connectivity index (χ2n) is 2.76. The molecule has 0 saturated carbocycles. The minimum atomic E-state index is -0.825. The molecule has 4 nitrogen and oxygen atoms in total. The molecule has 0 atom stereocenters. The maximum absolute atomic E-state index is 5.51. The Morgan fingerprint density at radius 3 is 2.53 bits per heavy atom. The van der Waals surface area contributed by atoms with Crippen LogP contribution in [0.5, 0.6) is 0 Å². The largest absolute Gasteiger partial charge is 0.334 e. The number of hydrogen-bond acceptors (Lipinski definition) is 5. The van der Waals surface area contributed by atoms with E-state index in [2.05, 4.69) is 4.98 Å². The van der Waals surface area contributed by atoms with Crippen LogP contribution < -0.4 is 5.73 Å². The maximum atomic E-state index is 5.51. The topological polar surface area (TPSA) is 57.4 Å². The van der Waals surface area contributed by atoms with Crippen molar-refractivity contribution in [3.63, 3.8) is 0 Å². The van der Waals surface area contributed by atoms with Crippen molar-refractivity contribution in [2.24, 2.45) is 5.73 Å². The standard InChI is InChI=1S/C9H17N2O2PS/c1-3-12-14(13-4-2)6-8-7-15-9(5-10)11-8/h7H,3-6,10H2,1-2H3. The molecule has 0 unspecified atom stereocenters. The molecule has 0 radical (unpaired) electrons. The molecule has 6 heteroatoms. The average Bonchev–Trinajstić information content (AvgIpc) is 2.66. The Morgan fingerprint density at radius 2 is 2.07 bits per heavy atom. The van der Waals surface area contributed by atoms with E-state index in [9.17, 15) is 0 Å². The van der Waals surface area contributed by atoms with Gasteiger partial charge < -0.3 is 14.8 Å². The number of aromatic nitrogens is 1. The van der Waals surface area contributed by atoms with E-state index in [-0.39, 0.29) is 0 Å². The predicted octanol–water partition coefficient (Wildman–Crippen LogP) is 2.49. The van der Waals surface area contributed by atoms with E-state index in [1.54, 1.807) is 11.3 Å². The first-order valence-corrected chi connectivity index (χ1v) is 7.21. The molecule has 86 valence electrons. The Bertz CT molecular complexity index is 277. The lowest BCUT2D eigenvalue weighted by atomic mass is 10.6. The summed E-state index contributed by atoms with van der Waals surface area (Å²) < 4.78 is 11.0. The minimum absolute atomic E-state index is 0.506. The van der Waals surface area contributed by atoms with E-state index in [1.807, 2.05) is 19.2 Å². The summed E-state index contributed by atoms with van der Waals surface area (Å²) in [5, 5.41) is 2.99. The minimum Gasteiger partial charge on any atom is -0.334 e. The van der Waals surface area contributed by atoms with Gasteiger partial charge in [-0.2, -0.15) is 0 Å². The second-order valence-corrected chi connectivity index (χ2v) is 5.20. The lowest BCUT2D eigenvalue weighted by Gasteiger charge is -2.13.